The van der Waals surface area contributed by atoms with E-state index in [4.69, 9.17) is 9.72 Å². The third kappa shape index (κ3) is 6.37. The number of carbonyl (C=O) groups excluding carboxylic acids is 1. The second kappa shape index (κ2) is 11.4. The highest BCUT2D eigenvalue weighted by Crippen LogP contribution is 2.28. The molecule has 33 heavy (non-hydrogen) atoms. The monoisotopic (exact) mass is 447 g/mol. The number of hydrogen-bond acceptors (Lipinski definition) is 3. The molecule has 1 amide bonds. The fourth-order valence-corrected chi connectivity index (χ4v) is 4.24. The van der Waals surface area contributed by atoms with Gasteiger partial charge in [0.15, 0.2) is 0 Å². The molecule has 1 heterocycles. The molecule has 1 N–H and O–H groups in total. The molecule has 0 radical (unpaired) electrons. The van der Waals surface area contributed by atoms with Gasteiger partial charge >= 0.3 is 0 Å². The van der Waals surface area contributed by atoms with Crippen LogP contribution in [-0.2, 0) is 17.8 Å². The third-order valence-electron chi connectivity index (χ3n) is 6.70. The first kappa shape index (κ1) is 23.3. The van der Waals surface area contributed by atoms with Crippen molar-refractivity contribution in [1.29, 1.82) is 0 Å². The van der Waals surface area contributed by atoms with E-state index in [2.05, 4.69) is 66.2 Å². The maximum Gasteiger partial charge on any atom is 0.223 e. The van der Waals surface area contributed by atoms with Crippen LogP contribution in [0.1, 0.15) is 69.7 Å². The third-order valence-corrected chi connectivity index (χ3v) is 6.70. The normalized spacial score (nSPS) is 14.4. The molecule has 4 rings (SSSR count). The summed E-state index contributed by atoms with van der Waals surface area (Å²) in [7, 11) is 0. The molecule has 1 saturated carbocycles. The van der Waals surface area contributed by atoms with Gasteiger partial charge < -0.3 is 14.6 Å². The van der Waals surface area contributed by atoms with Gasteiger partial charge in [0.05, 0.1) is 17.6 Å². The summed E-state index contributed by atoms with van der Waals surface area (Å²) in [6.45, 7) is 6.65. The van der Waals surface area contributed by atoms with Gasteiger partial charge in [-0.1, -0.05) is 44.5 Å². The number of unbranched alkanes of at least 4 members (excludes halogenated alkanes) is 2. The Labute approximate surface area is 197 Å². The number of aromatic nitrogens is 2. The number of carbonyl (C=O) groups is 1. The molecule has 1 aromatic heterocycles. The quantitative estimate of drug-likeness (QED) is 0.334. The second-order valence-electron chi connectivity index (χ2n) is 9.27. The van der Waals surface area contributed by atoms with Crippen molar-refractivity contribution >= 4 is 16.9 Å². The molecule has 0 spiro atoms. The zero-order valence-corrected chi connectivity index (χ0v) is 20.1. The summed E-state index contributed by atoms with van der Waals surface area (Å²) in [5.41, 5.74) is 3.57. The number of benzene rings is 2. The fourth-order valence-electron chi connectivity index (χ4n) is 4.24. The average Bonchev–Trinajstić information content (AvgIpc) is 3.64. The minimum absolute atomic E-state index is 0.242. The summed E-state index contributed by atoms with van der Waals surface area (Å²) in [5.74, 6) is 3.15. The van der Waals surface area contributed by atoms with Crippen molar-refractivity contribution in [3.05, 3.63) is 59.9 Å². The highest BCUT2D eigenvalue weighted by molar-refractivity contribution is 5.80. The molecule has 5 heteroatoms. The van der Waals surface area contributed by atoms with E-state index in [0.717, 1.165) is 75.1 Å². The van der Waals surface area contributed by atoms with Crippen LogP contribution in [0, 0.1) is 5.92 Å². The summed E-state index contributed by atoms with van der Waals surface area (Å²) < 4.78 is 8.37. The first-order chi connectivity index (χ1) is 16.2. The van der Waals surface area contributed by atoms with E-state index < -0.39 is 0 Å². The standard InChI is InChI=1S/C28H37N3O2/c1-3-21(2)22-14-16-24(17-15-22)33-20-19-31-26-10-7-6-9-25(26)30-27(31)11-5-4-8-18-29-28(32)23-12-13-23/h6-7,9-10,14-17,21,23H,3-5,8,11-13,18-20H2,1-2H3,(H,29,32). The largest absolute Gasteiger partial charge is 0.492 e. The van der Waals surface area contributed by atoms with Gasteiger partial charge in [0, 0.05) is 18.9 Å². The van der Waals surface area contributed by atoms with Crippen molar-refractivity contribution in [3.8, 4) is 5.75 Å². The van der Waals surface area contributed by atoms with Crippen LogP contribution in [0.4, 0.5) is 0 Å². The number of ether oxygens (including phenoxy) is 1. The lowest BCUT2D eigenvalue weighted by molar-refractivity contribution is -0.122. The van der Waals surface area contributed by atoms with E-state index in [-0.39, 0.29) is 5.91 Å². The molecule has 2 aromatic carbocycles. The lowest BCUT2D eigenvalue weighted by Crippen LogP contribution is -2.25. The number of aryl methyl sites for hydroxylation is 1. The van der Waals surface area contributed by atoms with Gasteiger partial charge in [-0.15, -0.1) is 0 Å². The number of amides is 1. The van der Waals surface area contributed by atoms with Gasteiger partial charge in [-0.25, -0.2) is 4.98 Å². The molecule has 0 bridgehead atoms. The van der Waals surface area contributed by atoms with E-state index in [1.807, 2.05) is 6.07 Å². The number of nitrogens with one attached hydrogen (secondary N) is 1. The molecule has 1 unspecified atom stereocenters. The maximum atomic E-state index is 11.7. The topological polar surface area (TPSA) is 56.1 Å². The molecular formula is C28H37N3O2. The molecule has 0 aliphatic heterocycles. The SMILES string of the molecule is CCC(C)c1ccc(OCCn2c(CCCCCNC(=O)C3CC3)nc3ccccc32)cc1. The minimum atomic E-state index is 0.242. The van der Waals surface area contributed by atoms with Crippen molar-refractivity contribution in [3.63, 3.8) is 0 Å². The van der Waals surface area contributed by atoms with E-state index in [1.165, 1.54) is 11.1 Å². The highest BCUT2D eigenvalue weighted by Gasteiger charge is 2.28. The highest BCUT2D eigenvalue weighted by atomic mass is 16.5. The molecule has 176 valence electrons. The van der Waals surface area contributed by atoms with Crippen LogP contribution in [0.15, 0.2) is 48.5 Å². The van der Waals surface area contributed by atoms with Crippen LogP contribution in [0.25, 0.3) is 11.0 Å². The van der Waals surface area contributed by atoms with Crippen molar-refractivity contribution in [1.82, 2.24) is 14.9 Å². The van der Waals surface area contributed by atoms with Crippen LogP contribution >= 0.6 is 0 Å². The van der Waals surface area contributed by atoms with Gasteiger partial charge in [0.2, 0.25) is 5.91 Å². The first-order valence-electron chi connectivity index (χ1n) is 12.6. The minimum Gasteiger partial charge on any atom is -0.492 e. The van der Waals surface area contributed by atoms with Crippen LogP contribution in [0.2, 0.25) is 0 Å². The molecular weight excluding hydrogens is 410 g/mol. The summed E-state index contributed by atoms with van der Waals surface area (Å²) in [4.78, 5) is 16.6. The second-order valence-corrected chi connectivity index (χ2v) is 9.27. The number of fused-ring (bicyclic) bond motifs is 1. The predicted octanol–water partition coefficient (Wildman–Crippen LogP) is 5.87. The molecule has 1 aliphatic rings. The Morgan fingerprint density at radius 3 is 2.67 bits per heavy atom. The van der Waals surface area contributed by atoms with Crippen molar-refractivity contribution in [2.24, 2.45) is 5.92 Å². The molecule has 0 saturated heterocycles. The van der Waals surface area contributed by atoms with Crippen molar-refractivity contribution in [2.45, 2.75) is 71.3 Å². The van der Waals surface area contributed by atoms with Crippen LogP contribution < -0.4 is 10.1 Å². The number of rotatable bonds is 13. The summed E-state index contributed by atoms with van der Waals surface area (Å²) >= 11 is 0. The van der Waals surface area contributed by atoms with Gasteiger partial charge in [-0.3, -0.25) is 4.79 Å². The number of nitrogens with zero attached hydrogens (tertiary/aromatic N) is 2. The van der Waals surface area contributed by atoms with Gasteiger partial charge in [0.25, 0.3) is 0 Å². The van der Waals surface area contributed by atoms with E-state index >= 15 is 0 Å². The Morgan fingerprint density at radius 1 is 1.12 bits per heavy atom. The van der Waals surface area contributed by atoms with Gasteiger partial charge in [-0.2, -0.15) is 0 Å². The Bertz CT molecular complexity index is 1040. The van der Waals surface area contributed by atoms with Crippen LogP contribution in [-0.4, -0.2) is 28.6 Å². The number of para-hydroxylation sites is 2. The molecule has 1 fully saturated rings. The number of imidazole rings is 1. The molecule has 1 atom stereocenters. The summed E-state index contributed by atoms with van der Waals surface area (Å²) in [6.07, 6.45) is 7.40. The van der Waals surface area contributed by atoms with Crippen molar-refractivity contribution in [2.75, 3.05) is 13.2 Å². The Kier molecular flexibility index (Phi) is 8.03. The average molecular weight is 448 g/mol. The smallest absolute Gasteiger partial charge is 0.223 e. The van der Waals surface area contributed by atoms with Crippen LogP contribution in [0.5, 0.6) is 5.75 Å². The van der Waals surface area contributed by atoms with Gasteiger partial charge in [-0.05, 0) is 67.9 Å². The molecule has 1 aliphatic carbocycles. The van der Waals surface area contributed by atoms with Gasteiger partial charge in [0.1, 0.15) is 18.2 Å². The Hall–Kier alpha value is -2.82. The van der Waals surface area contributed by atoms with Crippen LogP contribution in [0.3, 0.4) is 0 Å². The predicted molar refractivity (Wildman–Crippen MR) is 134 cm³/mol. The van der Waals surface area contributed by atoms with E-state index in [0.29, 0.717) is 18.4 Å². The zero-order chi connectivity index (χ0) is 23.0. The Balaban J connectivity index is 1.28. The first-order valence-corrected chi connectivity index (χ1v) is 12.6. The zero-order valence-electron chi connectivity index (χ0n) is 20.1. The number of hydrogen-bond donors (Lipinski definition) is 1. The summed E-state index contributed by atoms with van der Waals surface area (Å²) in [5, 5.41) is 3.06. The lowest BCUT2D eigenvalue weighted by atomic mass is 9.99. The maximum absolute atomic E-state index is 11.7. The van der Waals surface area contributed by atoms with Crippen molar-refractivity contribution < 1.29 is 9.53 Å². The fraction of sp³-hybridized carbons (Fsp3) is 0.500. The Morgan fingerprint density at radius 2 is 1.91 bits per heavy atom. The molecule has 3 aromatic rings. The molecule has 5 nitrogen and oxygen atoms in total. The van der Waals surface area contributed by atoms with E-state index in [1.54, 1.807) is 0 Å². The van der Waals surface area contributed by atoms with E-state index in [9.17, 15) is 4.79 Å². The summed E-state index contributed by atoms with van der Waals surface area (Å²) in [6, 6.07) is 16.8. The lowest BCUT2D eigenvalue weighted by Gasteiger charge is -2.13.